The minimum Gasteiger partial charge on any atom is -0.458 e. The van der Waals surface area contributed by atoms with E-state index >= 15 is 0 Å². The summed E-state index contributed by atoms with van der Waals surface area (Å²) >= 11 is 0. The summed E-state index contributed by atoms with van der Waals surface area (Å²) in [5.74, 6) is -1.48. The van der Waals surface area contributed by atoms with E-state index in [9.17, 15) is 19.5 Å². The highest BCUT2D eigenvalue weighted by atomic mass is 16.6. The zero-order valence-corrected chi connectivity index (χ0v) is 17.0. The van der Waals surface area contributed by atoms with Crippen LogP contribution in [-0.2, 0) is 30.3 Å². The largest absolute Gasteiger partial charge is 0.458 e. The summed E-state index contributed by atoms with van der Waals surface area (Å²) in [6.45, 7) is 5.47. The van der Waals surface area contributed by atoms with Crippen molar-refractivity contribution in [2.24, 2.45) is 0 Å². The van der Waals surface area contributed by atoms with Gasteiger partial charge in [0, 0.05) is 26.3 Å². The van der Waals surface area contributed by atoms with Gasteiger partial charge in [-0.2, -0.15) is 0 Å². The highest BCUT2D eigenvalue weighted by Crippen LogP contribution is 2.23. The Morgan fingerprint density at radius 3 is 2.64 bits per heavy atom. The second-order valence-corrected chi connectivity index (χ2v) is 7.89. The van der Waals surface area contributed by atoms with E-state index in [1.807, 2.05) is 6.07 Å². The molecular formula is C20H28N2O6. The Balaban J connectivity index is 2.16. The number of esters is 1. The highest BCUT2D eigenvalue weighted by Gasteiger charge is 2.41. The van der Waals surface area contributed by atoms with E-state index in [-0.39, 0.29) is 25.5 Å². The Bertz CT molecular complexity index is 740. The number of morpholine rings is 1. The lowest BCUT2D eigenvalue weighted by Gasteiger charge is -2.34. The van der Waals surface area contributed by atoms with Gasteiger partial charge in [0.15, 0.2) is 12.2 Å². The van der Waals surface area contributed by atoms with Gasteiger partial charge >= 0.3 is 5.97 Å². The number of benzene rings is 1. The molecule has 0 spiro atoms. The average molecular weight is 392 g/mol. The van der Waals surface area contributed by atoms with Gasteiger partial charge in [-0.15, -0.1) is 0 Å². The number of rotatable bonds is 5. The van der Waals surface area contributed by atoms with Gasteiger partial charge in [0.1, 0.15) is 5.60 Å². The Kier molecular flexibility index (Phi) is 6.79. The van der Waals surface area contributed by atoms with E-state index in [1.165, 1.54) is 9.80 Å². The van der Waals surface area contributed by atoms with E-state index in [1.54, 1.807) is 53.1 Å². The molecule has 1 N–H and O–H groups in total. The molecule has 1 aromatic rings. The number of carbonyl (C=O) groups excluding carboxylic acids is 3. The van der Waals surface area contributed by atoms with E-state index in [4.69, 9.17) is 9.47 Å². The third-order valence-electron chi connectivity index (χ3n) is 4.13. The molecule has 8 heteroatoms. The summed E-state index contributed by atoms with van der Waals surface area (Å²) in [5.41, 5.74) is 0.557. The standard InChI is InChI=1S/C20H28N2O6/c1-20(2,3)28-19(26)16(24)17-18(25)22(9-10-27-17)14-8-6-7-13(11-14)12-15(23)21(4)5/h6-8,11,16-17,24H,9-10,12H2,1-5H3/t16-,17-/m1/s1. The molecule has 154 valence electrons. The van der Waals surface area contributed by atoms with Gasteiger partial charge in [0.2, 0.25) is 5.91 Å². The lowest BCUT2D eigenvalue weighted by molar-refractivity contribution is -0.177. The molecule has 1 heterocycles. The molecule has 1 aliphatic rings. The molecule has 2 amide bonds. The van der Waals surface area contributed by atoms with Crippen molar-refractivity contribution in [2.45, 2.75) is 45.0 Å². The maximum absolute atomic E-state index is 12.8. The van der Waals surface area contributed by atoms with Crippen LogP contribution in [0.5, 0.6) is 0 Å². The van der Waals surface area contributed by atoms with Crippen LogP contribution in [-0.4, -0.2) is 72.8 Å². The molecule has 1 fully saturated rings. The first kappa shape index (κ1) is 21.8. The van der Waals surface area contributed by atoms with Crippen molar-refractivity contribution in [1.29, 1.82) is 0 Å². The summed E-state index contributed by atoms with van der Waals surface area (Å²) in [4.78, 5) is 39.8. The number of hydrogen-bond acceptors (Lipinski definition) is 6. The molecule has 0 bridgehead atoms. The zero-order valence-electron chi connectivity index (χ0n) is 17.0. The predicted molar refractivity (Wildman–Crippen MR) is 103 cm³/mol. The molecule has 2 atom stereocenters. The summed E-state index contributed by atoms with van der Waals surface area (Å²) in [7, 11) is 3.36. The molecule has 0 saturated carbocycles. The van der Waals surface area contributed by atoms with Crippen molar-refractivity contribution in [3.8, 4) is 0 Å². The monoisotopic (exact) mass is 392 g/mol. The molecule has 2 rings (SSSR count). The molecule has 1 aromatic carbocycles. The van der Waals surface area contributed by atoms with Crippen molar-refractivity contribution < 1.29 is 29.0 Å². The summed E-state index contributed by atoms with van der Waals surface area (Å²) in [6.07, 6.45) is -2.84. The van der Waals surface area contributed by atoms with Gasteiger partial charge in [0.25, 0.3) is 5.91 Å². The second-order valence-electron chi connectivity index (χ2n) is 7.89. The molecule has 0 unspecified atom stereocenters. The van der Waals surface area contributed by atoms with E-state index in [0.717, 1.165) is 5.56 Å². The van der Waals surface area contributed by atoms with Crippen molar-refractivity contribution in [1.82, 2.24) is 4.90 Å². The molecule has 0 aliphatic carbocycles. The molecule has 8 nitrogen and oxygen atoms in total. The van der Waals surface area contributed by atoms with Gasteiger partial charge in [-0.3, -0.25) is 9.59 Å². The lowest BCUT2D eigenvalue weighted by atomic mass is 10.1. The number of aliphatic hydroxyl groups is 1. The molecule has 0 radical (unpaired) electrons. The minimum absolute atomic E-state index is 0.0521. The van der Waals surface area contributed by atoms with Crippen LogP contribution in [0.25, 0.3) is 0 Å². The summed E-state index contributed by atoms with van der Waals surface area (Å²) in [5, 5.41) is 10.3. The van der Waals surface area contributed by atoms with Crippen molar-refractivity contribution >= 4 is 23.5 Å². The van der Waals surface area contributed by atoms with Crippen LogP contribution >= 0.6 is 0 Å². The SMILES string of the molecule is CN(C)C(=O)Cc1cccc(N2CCO[C@H]([C@@H](O)C(=O)OC(C)(C)C)C2=O)c1. The highest BCUT2D eigenvalue weighted by molar-refractivity contribution is 6.00. The number of anilines is 1. The molecule has 1 saturated heterocycles. The Labute approximate surface area is 165 Å². The Hall–Kier alpha value is -2.45. The first-order valence-corrected chi connectivity index (χ1v) is 9.12. The van der Waals surface area contributed by atoms with E-state index in [0.29, 0.717) is 5.69 Å². The molecule has 1 aliphatic heterocycles. The third-order valence-corrected chi connectivity index (χ3v) is 4.13. The molecular weight excluding hydrogens is 364 g/mol. The van der Waals surface area contributed by atoms with Gasteiger partial charge < -0.3 is 24.4 Å². The number of likely N-dealkylation sites (N-methyl/N-ethyl adjacent to an activating group) is 1. The topological polar surface area (TPSA) is 96.4 Å². The maximum Gasteiger partial charge on any atom is 0.338 e. The fourth-order valence-corrected chi connectivity index (χ4v) is 2.74. The van der Waals surface area contributed by atoms with Crippen LogP contribution in [0.2, 0.25) is 0 Å². The lowest BCUT2D eigenvalue weighted by Crippen LogP contribution is -2.55. The number of nitrogens with zero attached hydrogens (tertiary/aromatic N) is 2. The molecule has 0 aromatic heterocycles. The number of ether oxygens (including phenoxy) is 2. The second kappa shape index (κ2) is 8.70. The average Bonchev–Trinajstić information content (AvgIpc) is 2.60. The van der Waals surface area contributed by atoms with Crippen molar-refractivity contribution in [3.63, 3.8) is 0 Å². The summed E-state index contributed by atoms with van der Waals surface area (Å²) < 4.78 is 10.5. The minimum atomic E-state index is -1.71. The van der Waals surface area contributed by atoms with Gasteiger partial charge in [0.05, 0.1) is 13.0 Å². The van der Waals surface area contributed by atoms with Crippen LogP contribution in [0, 0.1) is 0 Å². The van der Waals surface area contributed by atoms with Crippen molar-refractivity contribution in [2.75, 3.05) is 32.1 Å². The quantitative estimate of drug-likeness (QED) is 0.743. The molecule has 28 heavy (non-hydrogen) atoms. The van der Waals surface area contributed by atoms with E-state index in [2.05, 4.69) is 0 Å². The van der Waals surface area contributed by atoms with Crippen LogP contribution in [0.15, 0.2) is 24.3 Å². The number of carbonyl (C=O) groups is 3. The number of amides is 2. The van der Waals surface area contributed by atoms with Crippen LogP contribution in [0.1, 0.15) is 26.3 Å². The summed E-state index contributed by atoms with van der Waals surface area (Å²) in [6, 6.07) is 7.06. The van der Waals surface area contributed by atoms with Crippen molar-refractivity contribution in [3.05, 3.63) is 29.8 Å². The normalized spacial score (nSPS) is 18.6. The Morgan fingerprint density at radius 2 is 2.04 bits per heavy atom. The number of aliphatic hydroxyl groups excluding tert-OH is 1. The maximum atomic E-state index is 12.8. The van der Waals surface area contributed by atoms with Gasteiger partial charge in [-0.1, -0.05) is 12.1 Å². The first-order valence-electron chi connectivity index (χ1n) is 9.12. The first-order chi connectivity index (χ1) is 13.0. The Morgan fingerprint density at radius 1 is 1.36 bits per heavy atom. The third kappa shape index (κ3) is 5.53. The van der Waals surface area contributed by atoms with Gasteiger partial charge in [-0.05, 0) is 38.5 Å². The van der Waals surface area contributed by atoms with E-state index < -0.39 is 29.7 Å². The zero-order chi connectivity index (χ0) is 21.1. The van der Waals surface area contributed by atoms with Crippen LogP contribution in [0.4, 0.5) is 5.69 Å². The number of hydrogen-bond donors (Lipinski definition) is 1. The fraction of sp³-hybridized carbons (Fsp3) is 0.550. The van der Waals surface area contributed by atoms with Crippen LogP contribution in [0.3, 0.4) is 0 Å². The van der Waals surface area contributed by atoms with Gasteiger partial charge in [-0.25, -0.2) is 4.79 Å². The predicted octanol–water partition coefficient (Wildman–Crippen LogP) is 0.752. The smallest absolute Gasteiger partial charge is 0.338 e. The van der Waals surface area contributed by atoms with Crippen LogP contribution < -0.4 is 4.90 Å². The fourth-order valence-electron chi connectivity index (χ4n) is 2.74.